The van der Waals surface area contributed by atoms with E-state index in [9.17, 15) is 18.4 Å². The second kappa shape index (κ2) is 19.4. The van der Waals surface area contributed by atoms with Gasteiger partial charge in [-0.05, 0) is 35.2 Å². The Balaban J connectivity index is 1.86. The number of ether oxygens (including phenoxy) is 2. The van der Waals surface area contributed by atoms with Gasteiger partial charge in [-0.2, -0.15) is 8.78 Å². The molecule has 0 aliphatic rings. The van der Waals surface area contributed by atoms with Crippen molar-refractivity contribution in [2.45, 2.75) is 122 Å². The van der Waals surface area contributed by atoms with Crippen molar-refractivity contribution >= 4 is 22.0 Å². The van der Waals surface area contributed by atoms with Gasteiger partial charge in [-0.15, -0.1) is 0 Å². The van der Waals surface area contributed by atoms with Crippen molar-refractivity contribution in [1.82, 2.24) is 0 Å². The van der Waals surface area contributed by atoms with Gasteiger partial charge >= 0.3 is 207 Å². The summed E-state index contributed by atoms with van der Waals surface area (Å²) < 4.78 is 37.3. The van der Waals surface area contributed by atoms with E-state index in [2.05, 4.69) is 125 Å². The Morgan fingerprint density at radius 3 is 1.94 bits per heavy atom. The second-order valence-electron chi connectivity index (χ2n) is 14.8. The Labute approximate surface area is 312 Å². The first kappa shape index (κ1) is 42.0. The summed E-state index contributed by atoms with van der Waals surface area (Å²) in [5.74, 6) is -4.31. The molecule has 0 saturated carbocycles. The van der Waals surface area contributed by atoms with Gasteiger partial charge < -0.3 is 0 Å². The molecule has 8 heteroatoms. The third-order valence-corrected chi connectivity index (χ3v) is 15.5. The first-order valence-corrected chi connectivity index (χ1v) is 23.3. The quantitative estimate of drug-likeness (QED) is 0.0530. The number of esters is 2. The summed E-state index contributed by atoms with van der Waals surface area (Å²) in [6.45, 7) is 12.0. The normalized spacial score (nSPS) is 15.3. The zero-order valence-electron chi connectivity index (χ0n) is 31.3. The number of carbonyl (C=O) groups excluding carboxylic acids is 2. The number of hydrogen-bond acceptors (Lipinski definition) is 4. The van der Waals surface area contributed by atoms with Crippen LogP contribution in [-0.4, -0.2) is 46.2 Å². The molecule has 3 aromatic rings. The van der Waals surface area contributed by atoms with E-state index in [1.165, 1.54) is 25.8 Å². The van der Waals surface area contributed by atoms with Gasteiger partial charge in [0.2, 0.25) is 0 Å². The van der Waals surface area contributed by atoms with Crippen LogP contribution in [-0.2, 0) is 24.5 Å². The van der Waals surface area contributed by atoms with Crippen molar-refractivity contribution in [2.75, 3.05) is 24.4 Å². The molecule has 3 atom stereocenters. The van der Waals surface area contributed by atoms with E-state index in [4.69, 9.17) is 9.47 Å². The molecule has 0 amide bonds. The van der Waals surface area contributed by atoms with Gasteiger partial charge in [0.15, 0.2) is 0 Å². The molecule has 0 aromatic heterocycles. The Kier molecular flexibility index (Phi) is 16.3. The Hall–Kier alpha value is -2.46. The van der Waals surface area contributed by atoms with E-state index in [1.54, 1.807) is 0 Å². The van der Waals surface area contributed by atoms with Crippen LogP contribution in [0, 0.1) is 5.92 Å². The summed E-state index contributed by atoms with van der Waals surface area (Å²) >= 11 is -0.245. The van der Waals surface area contributed by atoms with Crippen molar-refractivity contribution in [2.24, 2.45) is 5.92 Å². The summed E-state index contributed by atoms with van der Waals surface area (Å²) in [4.78, 5) is 30.4. The molecular formula is C42H58F2IO4S-. The van der Waals surface area contributed by atoms with Crippen molar-refractivity contribution < 1.29 is 49.0 Å². The van der Waals surface area contributed by atoms with Crippen LogP contribution in [0.25, 0.3) is 0 Å². The van der Waals surface area contributed by atoms with E-state index in [0.717, 1.165) is 32.1 Å². The molecule has 0 spiro atoms. The standard InChI is InChI=1S/C42H58F2IO4S/c1-31(2)22-27-38(45-7)39(46)48-29-15-18-32(16-12-13-28-49-40(47)42(6,43)44)33-17-14-21-37(30-33)50(8,35-19-10-9-11-20-35)36-25-23-34(24-26-36)41(3,4)5/h9-11,14,17,19-21,23-26,30-32,38H,12-13,15-16,18,22,27-29H2,1-8H3/q-1. The van der Waals surface area contributed by atoms with Crippen molar-refractivity contribution in [1.29, 1.82) is 0 Å². The molecule has 3 aromatic carbocycles. The average molecular weight is 824 g/mol. The number of benzene rings is 3. The van der Waals surface area contributed by atoms with E-state index in [0.29, 0.717) is 32.3 Å². The molecule has 0 heterocycles. The van der Waals surface area contributed by atoms with Gasteiger partial charge in [0.05, 0.1) is 0 Å². The third-order valence-electron chi connectivity index (χ3n) is 9.20. The molecule has 0 radical (unpaired) electrons. The molecule has 0 N–H and O–H groups in total. The van der Waals surface area contributed by atoms with Crippen LogP contribution >= 0.6 is 10.0 Å². The van der Waals surface area contributed by atoms with Gasteiger partial charge in [0.1, 0.15) is 0 Å². The molecule has 3 unspecified atom stereocenters. The molecule has 0 bridgehead atoms. The molecule has 0 saturated heterocycles. The van der Waals surface area contributed by atoms with E-state index < -0.39 is 21.9 Å². The van der Waals surface area contributed by atoms with Crippen LogP contribution < -0.4 is 21.2 Å². The average Bonchev–Trinajstić information content (AvgIpc) is 3.08. The Bertz CT molecular complexity index is 1480. The minimum atomic E-state index is -3.49. The number of alkyl halides is 4. The van der Waals surface area contributed by atoms with Gasteiger partial charge in [-0.25, -0.2) is 4.79 Å². The second-order valence-corrected chi connectivity index (χ2v) is 20.8. The summed E-state index contributed by atoms with van der Waals surface area (Å²) in [6, 6.07) is 28.7. The fourth-order valence-corrected chi connectivity index (χ4v) is 10.6. The first-order valence-electron chi connectivity index (χ1n) is 17.8. The summed E-state index contributed by atoms with van der Waals surface area (Å²) in [5, 5.41) is 0. The van der Waals surface area contributed by atoms with Crippen molar-refractivity contribution in [3.63, 3.8) is 0 Å². The molecule has 278 valence electrons. The van der Waals surface area contributed by atoms with Crippen molar-refractivity contribution in [3.8, 4) is 0 Å². The zero-order valence-corrected chi connectivity index (χ0v) is 34.3. The molecule has 0 aliphatic carbocycles. The maximum absolute atomic E-state index is 13.3. The number of carbonyl (C=O) groups is 2. The van der Waals surface area contributed by atoms with E-state index in [-0.39, 0.29) is 49.0 Å². The topological polar surface area (TPSA) is 52.6 Å². The molecule has 50 heavy (non-hydrogen) atoms. The summed E-state index contributed by atoms with van der Waals surface area (Å²) in [6.07, 6.45) is 7.85. The van der Waals surface area contributed by atoms with E-state index >= 15 is 0 Å². The third kappa shape index (κ3) is 12.3. The fourth-order valence-electron chi connectivity index (χ4n) is 6.00. The van der Waals surface area contributed by atoms with Crippen LogP contribution in [0.4, 0.5) is 8.78 Å². The zero-order chi connectivity index (χ0) is 37.0. The number of halogens is 3. The van der Waals surface area contributed by atoms with Gasteiger partial charge in [-0.3, -0.25) is 0 Å². The fraction of sp³-hybridized carbons (Fsp3) is 0.524. The van der Waals surface area contributed by atoms with Crippen molar-refractivity contribution in [3.05, 3.63) is 90.0 Å². The van der Waals surface area contributed by atoms with Crippen LogP contribution in [0.3, 0.4) is 0 Å². The first-order chi connectivity index (χ1) is 23.6. The molecule has 0 fully saturated rings. The Morgan fingerprint density at radius 1 is 0.740 bits per heavy atom. The van der Waals surface area contributed by atoms with Crippen LogP contribution in [0.5, 0.6) is 0 Å². The van der Waals surface area contributed by atoms with Crippen LogP contribution in [0.2, 0.25) is 0 Å². The Morgan fingerprint density at radius 2 is 1.34 bits per heavy atom. The predicted octanol–water partition coefficient (Wildman–Crippen LogP) is 8.19. The number of rotatable bonds is 19. The maximum atomic E-state index is 13.3. The van der Waals surface area contributed by atoms with Gasteiger partial charge in [0.25, 0.3) is 0 Å². The molecule has 0 aliphatic heterocycles. The summed E-state index contributed by atoms with van der Waals surface area (Å²) in [7, 11) is -1.60. The van der Waals surface area contributed by atoms with Gasteiger partial charge in [-0.1, -0.05) is 51.1 Å². The minimum absolute atomic E-state index is 0.0364. The molecule has 3 rings (SSSR count). The molecular weight excluding hydrogens is 765 g/mol. The predicted molar refractivity (Wildman–Crippen MR) is 198 cm³/mol. The van der Waals surface area contributed by atoms with Crippen LogP contribution in [0.15, 0.2) is 93.5 Å². The monoisotopic (exact) mass is 823 g/mol. The molecule has 4 nitrogen and oxygen atoms in total. The SMILES string of the molecule is C[I-]C(CCC(C)C)C(=O)OCCCC(CCCCOC(=O)C(C)(F)F)c1cccc(S(C)(c2ccccc2)c2ccc(C(C)(C)C)cc2)c1. The van der Waals surface area contributed by atoms with E-state index in [1.807, 2.05) is 0 Å². The summed E-state index contributed by atoms with van der Waals surface area (Å²) in [5.41, 5.74) is 2.56. The van der Waals surface area contributed by atoms with Gasteiger partial charge in [0, 0.05) is 6.92 Å². The number of unbranched alkanes of at least 4 members (excludes halogenated alkanes) is 1. The van der Waals surface area contributed by atoms with Crippen LogP contribution in [0.1, 0.15) is 104 Å². The number of hydrogen-bond donors (Lipinski definition) is 0.